The molecule has 2 rings (SSSR count). The summed E-state index contributed by atoms with van der Waals surface area (Å²) in [5, 5.41) is 23.7. The van der Waals surface area contributed by atoms with E-state index in [2.05, 4.69) is 37.2 Å². The maximum Gasteiger partial charge on any atom is 0.283 e. The van der Waals surface area contributed by atoms with E-state index in [1.54, 1.807) is 24.3 Å². The van der Waals surface area contributed by atoms with Crippen LogP contribution in [0.25, 0.3) is 0 Å². The molecule has 0 aliphatic rings. The minimum atomic E-state index is -0.450. The summed E-state index contributed by atoms with van der Waals surface area (Å²) in [5.74, 6) is 0.181. The van der Waals surface area contributed by atoms with Gasteiger partial charge >= 0.3 is 0 Å². The molecule has 7 heteroatoms. The van der Waals surface area contributed by atoms with E-state index in [9.17, 15) is 15.2 Å². The van der Waals surface area contributed by atoms with Crippen molar-refractivity contribution in [3.8, 4) is 5.75 Å². The van der Waals surface area contributed by atoms with Crippen LogP contribution in [0, 0.1) is 10.1 Å². The second kappa shape index (κ2) is 6.23. The molecule has 0 saturated heterocycles. The Bertz CT molecular complexity index is 662. The molecule has 104 valence electrons. The number of nitro groups is 1. The lowest BCUT2D eigenvalue weighted by Gasteiger charge is -2.09. The van der Waals surface area contributed by atoms with Gasteiger partial charge in [0.25, 0.3) is 5.69 Å². The Morgan fingerprint density at radius 1 is 1.20 bits per heavy atom. The third-order valence-electron chi connectivity index (χ3n) is 2.70. The number of nitro benzene ring substituents is 1. The van der Waals surface area contributed by atoms with Crippen LogP contribution in [0.5, 0.6) is 5.75 Å². The smallest absolute Gasteiger partial charge is 0.283 e. The van der Waals surface area contributed by atoms with Crippen LogP contribution in [-0.2, 0) is 6.54 Å². The molecule has 0 atom stereocenters. The molecule has 0 fully saturated rings. The van der Waals surface area contributed by atoms with Crippen molar-refractivity contribution in [3.05, 3.63) is 61.0 Å². The Morgan fingerprint density at radius 2 is 1.95 bits per heavy atom. The minimum Gasteiger partial charge on any atom is -0.506 e. The van der Waals surface area contributed by atoms with Crippen molar-refractivity contribution in [2.24, 2.45) is 0 Å². The van der Waals surface area contributed by atoms with Crippen molar-refractivity contribution < 1.29 is 10.0 Å². The van der Waals surface area contributed by atoms with Crippen LogP contribution in [0.1, 0.15) is 5.56 Å². The molecule has 2 N–H and O–H groups in total. The average molecular weight is 402 g/mol. The summed E-state index contributed by atoms with van der Waals surface area (Å²) >= 11 is 6.41. The van der Waals surface area contributed by atoms with Gasteiger partial charge in [-0.3, -0.25) is 10.1 Å². The number of nitrogens with zero attached hydrogens (tertiary/aromatic N) is 1. The zero-order valence-electron chi connectivity index (χ0n) is 10.1. The van der Waals surface area contributed by atoms with Crippen LogP contribution in [-0.4, -0.2) is 10.0 Å². The van der Waals surface area contributed by atoms with Gasteiger partial charge in [-0.25, -0.2) is 0 Å². The van der Waals surface area contributed by atoms with E-state index >= 15 is 0 Å². The maximum absolute atomic E-state index is 10.7. The lowest BCUT2D eigenvalue weighted by Crippen LogP contribution is -2.00. The Kier molecular flexibility index (Phi) is 4.61. The number of phenolic OH excluding ortho intramolecular Hbond substituents is 1. The summed E-state index contributed by atoms with van der Waals surface area (Å²) in [7, 11) is 0. The van der Waals surface area contributed by atoms with Gasteiger partial charge in [0.1, 0.15) is 5.75 Å². The Hall–Kier alpha value is -1.60. The van der Waals surface area contributed by atoms with Crippen LogP contribution in [0.15, 0.2) is 45.3 Å². The average Bonchev–Trinajstić information content (AvgIpc) is 2.40. The fourth-order valence-corrected chi connectivity index (χ4v) is 2.60. The van der Waals surface area contributed by atoms with Crippen LogP contribution in [0.4, 0.5) is 11.4 Å². The number of halogens is 2. The molecule has 0 radical (unpaired) electrons. The van der Waals surface area contributed by atoms with E-state index in [1.165, 1.54) is 6.07 Å². The molecule has 2 aromatic rings. The molecule has 0 aliphatic carbocycles. The first-order valence-corrected chi connectivity index (χ1v) is 7.22. The highest BCUT2D eigenvalue weighted by molar-refractivity contribution is 9.11. The second-order valence-corrected chi connectivity index (χ2v) is 5.73. The number of rotatable bonds is 4. The largest absolute Gasteiger partial charge is 0.506 e. The topological polar surface area (TPSA) is 75.4 Å². The van der Waals surface area contributed by atoms with E-state index < -0.39 is 4.92 Å². The lowest BCUT2D eigenvalue weighted by atomic mass is 10.2. The summed E-state index contributed by atoms with van der Waals surface area (Å²) in [6, 6.07) is 10.1. The fraction of sp³-hybridized carbons (Fsp3) is 0.0769. The van der Waals surface area contributed by atoms with Gasteiger partial charge < -0.3 is 10.4 Å². The summed E-state index contributed by atoms with van der Waals surface area (Å²) in [5.41, 5.74) is 1.47. The zero-order chi connectivity index (χ0) is 14.7. The maximum atomic E-state index is 10.7. The number of hydrogen-bond acceptors (Lipinski definition) is 4. The second-order valence-electron chi connectivity index (χ2n) is 4.02. The van der Waals surface area contributed by atoms with Crippen LogP contribution >= 0.6 is 31.9 Å². The van der Waals surface area contributed by atoms with Gasteiger partial charge in [0.15, 0.2) is 0 Å². The number of anilines is 1. The summed E-state index contributed by atoms with van der Waals surface area (Å²) < 4.78 is 1.03. The first-order valence-electron chi connectivity index (χ1n) is 5.63. The molecule has 5 nitrogen and oxygen atoms in total. The highest BCUT2D eigenvalue weighted by Crippen LogP contribution is 2.30. The van der Waals surface area contributed by atoms with Crippen LogP contribution < -0.4 is 5.32 Å². The molecule has 0 unspecified atom stereocenters. The molecule has 2 aromatic carbocycles. The number of hydrogen-bond donors (Lipinski definition) is 2. The predicted molar refractivity (Wildman–Crippen MR) is 83.9 cm³/mol. The van der Waals surface area contributed by atoms with Crippen molar-refractivity contribution in [3.63, 3.8) is 0 Å². The zero-order valence-corrected chi connectivity index (χ0v) is 13.3. The van der Waals surface area contributed by atoms with Crippen LogP contribution in [0.3, 0.4) is 0 Å². The summed E-state index contributed by atoms with van der Waals surface area (Å²) in [6.45, 7) is 0.412. The quantitative estimate of drug-likeness (QED) is 0.586. The normalized spacial score (nSPS) is 10.3. The standard InChI is InChI=1S/C13H10Br2N2O3/c14-10-3-1-2-8(13(10)18)7-16-9-4-5-12(17(19)20)11(15)6-9/h1-6,16,18H,7H2. The van der Waals surface area contributed by atoms with Crippen molar-refractivity contribution in [2.45, 2.75) is 6.54 Å². The number of phenols is 1. The Morgan fingerprint density at radius 3 is 2.60 bits per heavy atom. The van der Waals surface area contributed by atoms with Gasteiger partial charge in [-0.2, -0.15) is 0 Å². The van der Waals surface area contributed by atoms with Crippen molar-refractivity contribution in [1.82, 2.24) is 0 Å². The first kappa shape index (κ1) is 14.8. The highest BCUT2D eigenvalue weighted by atomic mass is 79.9. The Labute approximate surface area is 132 Å². The molecule has 0 aliphatic heterocycles. The van der Waals surface area contributed by atoms with Crippen molar-refractivity contribution >= 4 is 43.2 Å². The SMILES string of the molecule is O=[N+]([O-])c1ccc(NCc2cccc(Br)c2O)cc1Br. The fourth-order valence-electron chi connectivity index (χ4n) is 1.66. The third-order valence-corrected chi connectivity index (χ3v) is 3.97. The summed E-state index contributed by atoms with van der Waals surface area (Å²) in [6.07, 6.45) is 0. The molecule has 0 saturated carbocycles. The monoisotopic (exact) mass is 400 g/mol. The first-order chi connectivity index (χ1) is 9.49. The third kappa shape index (κ3) is 3.29. The van der Waals surface area contributed by atoms with Gasteiger partial charge in [0.2, 0.25) is 0 Å². The van der Waals surface area contributed by atoms with Gasteiger partial charge in [-0.05, 0) is 50.1 Å². The van der Waals surface area contributed by atoms with E-state index in [-0.39, 0.29) is 11.4 Å². The molecule has 0 bridgehead atoms. The number of aromatic hydroxyl groups is 1. The lowest BCUT2D eigenvalue weighted by molar-refractivity contribution is -0.385. The predicted octanol–water partition coefficient (Wildman–Crippen LogP) is 4.44. The van der Waals surface area contributed by atoms with Gasteiger partial charge in [-0.15, -0.1) is 0 Å². The van der Waals surface area contributed by atoms with E-state index in [0.29, 0.717) is 15.5 Å². The molecular weight excluding hydrogens is 392 g/mol. The van der Waals surface area contributed by atoms with Crippen molar-refractivity contribution in [1.29, 1.82) is 0 Å². The Balaban J connectivity index is 2.13. The molecule has 0 amide bonds. The van der Waals surface area contributed by atoms with E-state index in [0.717, 1.165) is 11.3 Å². The van der Waals surface area contributed by atoms with Crippen LogP contribution in [0.2, 0.25) is 0 Å². The molecule has 0 heterocycles. The van der Waals surface area contributed by atoms with Gasteiger partial charge in [0, 0.05) is 23.9 Å². The van der Waals surface area contributed by atoms with Gasteiger partial charge in [0.05, 0.1) is 13.9 Å². The number of nitrogens with one attached hydrogen (secondary N) is 1. The molecule has 20 heavy (non-hydrogen) atoms. The van der Waals surface area contributed by atoms with Gasteiger partial charge in [-0.1, -0.05) is 12.1 Å². The summed E-state index contributed by atoms with van der Waals surface area (Å²) in [4.78, 5) is 10.3. The number of para-hydroxylation sites is 1. The molecule has 0 spiro atoms. The molecule has 0 aromatic heterocycles. The minimum absolute atomic E-state index is 0.0147. The van der Waals surface area contributed by atoms with Crippen molar-refractivity contribution in [2.75, 3.05) is 5.32 Å². The number of benzene rings is 2. The molecular formula is C13H10Br2N2O3. The van der Waals surface area contributed by atoms with E-state index in [4.69, 9.17) is 0 Å². The van der Waals surface area contributed by atoms with E-state index in [1.807, 2.05) is 6.07 Å². The highest BCUT2D eigenvalue weighted by Gasteiger charge is 2.11.